The van der Waals surface area contributed by atoms with Crippen LogP contribution in [0.15, 0.2) is 29.6 Å². The molecule has 0 bridgehead atoms. The summed E-state index contributed by atoms with van der Waals surface area (Å²) in [5.41, 5.74) is 2.89. The summed E-state index contributed by atoms with van der Waals surface area (Å²) in [6.07, 6.45) is 0. The average molecular weight is 319 g/mol. The van der Waals surface area contributed by atoms with E-state index in [9.17, 15) is 4.79 Å². The van der Waals surface area contributed by atoms with Crippen LogP contribution in [0.5, 0.6) is 0 Å². The minimum atomic E-state index is -0.0113. The molecule has 1 aliphatic heterocycles. The molecule has 1 aliphatic rings. The number of rotatable bonds is 2. The Balaban J connectivity index is 1.72. The molecule has 0 radical (unpaired) electrons. The van der Waals surface area contributed by atoms with Gasteiger partial charge in [-0.1, -0.05) is 12.1 Å². The maximum atomic E-state index is 12.2. The third-order valence-corrected chi connectivity index (χ3v) is 5.23. The van der Waals surface area contributed by atoms with E-state index in [1.165, 1.54) is 0 Å². The number of hydrogen-bond acceptors (Lipinski definition) is 4. The first-order valence-electron chi connectivity index (χ1n) is 6.88. The van der Waals surface area contributed by atoms with Crippen LogP contribution in [0.1, 0.15) is 5.69 Å². The molecular formula is C15H17N3OS2. The van der Waals surface area contributed by atoms with Crippen molar-refractivity contribution in [1.82, 2.24) is 9.88 Å². The number of aryl methyl sites for hydroxylation is 1. The van der Waals surface area contributed by atoms with Crippen LogP contribution in [0.25, 0.3) is 10.6 Å². The number of aromatic nitrogens is 1. The molecule has 2 amide bonds. The van der Waals surface area contributed by atoms with E-state index in [1.807, 2.05) is 53.2 Å². The molecule has 1 fully saturated rings. The van der Waals surface area contributed by atoms with Gasteiger partial charge in [0.15, 0.2) is 0 Å². The van der Waals surface area contributed by atoms with Crippen LogP contribution < -0.4 is 5.32 Å². The summed E-state index contributed by atoms with van der Waals surface area (Å²) < 4.78 is 0. The predicted octanol–water partition coefficient (Wildman–Crippen LogP) is 3.70. The number of nitrogens with one attached hydrogen (secondary N) is 1. The summed E-state index contributed by atoms with van der Waals surface area (Å²) in [5.74, 6) is 2.04. The third-order valence-electron chi connectivity index (χ3n) is 3.28. The van der Waals surface area contributed by atoms with E-state index in [0.29, 0.717) is 0 Å². The summed E-state index contributed by atoms with van der Waals surface area (Å²) in [4.78, 5) is 18.6. The quantitative estimate of drug-likeness (QED) is 0.918. The highest BCUT2D eigenvalue weighted by Gasteiger charge is 2.16. The highest BCUT2D eigenvalue weighted by molar-refractivity contribution is 7.99. The summed E-state index contributed by atoms with van der Waals surface area (Å²) in [7, 11) is 0. The van der Waals surface area contributed by atoms with Crippen LogP contribution in [0, 0.1) is 6.92 Å². The Bertz CT molecular complexity index is 635. The fraction of sp³-hybridized carbons (Fsp3) is 0.333. The lowest BCUT2D eigenvalue weighted by Gasteiger charge is -2.26. The van der Waals surface area contributed by atoms with Gasteiger partial charge in [0, 0.05) is 46.9 Å². The molecule has 1 N–H and O–H groups in total. The van der Waals surface area contributed by atoms with Gasteiger partial charge >= 0.3 is 6.03 Å². The highest BCUT2D eigenvalue weighted by atomic mass is 32.2. The maximum Gasteiger partial charge on any atom is 0.321 e. The SMILES string of the molecule is Cc1csc(-c2cccc(NC(=O)N3CCSCC3)c2)n1. The zero-order chi connectivity index (χ0) is 14.7. The topological polar surface area (TPSA) is 45.2 Å². The Morgan fingerprint density at radius 3 is 2.86 bits per heavy atom. The van der Waals surface area contributed by atoms with Crippen molar-refractivity contribution in [2.24, 2.45) is 0 Å². The van der Waals surface area contributed by atoms with Gasteiger partial charge in [0.25, 0.3) is 0 Å². The van der Waals surface area contributed by atoms with Crippen LogP contribution in [0.2, 0.25) is 0 Å². The zero-order valence-electron chi connectivity index (χ0n) is 11.8. The molecule has 110 valence electrons. The lowest BCUT2D eigenvalue weighted by Crippen LogP contribution is -2.40. The van der Waals surface area contributed by atoms with Crippen molar-refractivity contribution in [2.75, 3.05) is 29.9 Å². The molecule has 4 nitrogen and oxygen atoms in total. The monoisotopic (exact) mass is 319 g/mol. The Kier molecular flexibility index (Phi) is 4.45. The smallest absolute Gasteiger partial charge is 0.321 e. The third kappa shape index (κ3) is 3.57. The summed E-state index contributed by atoms with van der Waals surface area (Å²) in [5, 5.41) is 6.00. The Morgan fingerprint density at radius 1 is 1.33 bits per heavy atom. The number of hydrogen-bond donors (Lipinski definition) is 1. The van der Waals surface area contributed by atoms with Gasteiger partial charge in [-0.2, -0.15) is 11.8 Å². The van der Waals surface area contributed by atoms with E-state index in [-0.39, 0.29) is 6.03 Å². The number of benzene rings is 1. The summed E-state index contributed by atoms with van der Waals surface area (Å²) in [6, 6.07) is 7.86. The Labute approximate surface area is 132 Å². The van der Waals surface area contributed by atoms with Gasteiger partial charge < -0.3 is 10.2 Å². The van der Waals surface area contributed by atoms with E-state index >= 15 is 0 Å². The average Bonchev–Trinajstić information content (AvgIpc) is 2.95. The number of nitrogens with zero attached hydrogens (tertiary/aromatic N) is 2. The van der Waals surface area contributed by atoms with Crippen molar-refractivity contribution < 1.29 is 4.79 Å². The molecule has 0 saturated carbocycles. The van der Waals surface area contributed by atoms with Crippen LogP contribution in [-0.4, -0.2) is 40.5 Å². The second-order valence-electron chi connectivity index (χ2n) is 4.90. The van der Waals surface area contributed by atoms with E-state index in [4.69, 9.17) is 0 Å². The fourth-order valence-electron chi connectivity index (χ4n) is 2.19. The van der Waals surface area contributed by atoms with Crippen molar-refractivity contribution in [2.45, 2.75) is 6.92 Å². The first kappa shape index (κ1) is 14.4. The molecule has 0 aliphatic carbocycles. The molecule has 2 aromatic rings. The lowest BCUT2D eigenvalue weighted by atomic mass is 10.2. The highest BCUT2D eigenvalue weighted by Crippen LogP contribution is 2.26. The standard InChI is InChI=1S/C15H17N3OS2/c1-11-10-21-14(16-11)12-3-2-4-13(9-12)17-15(19)18-5-7-20-8-6-18/h2-4,9-10H,5-8H2,1H3,(H,17,19). The van der Waals surface area contributed by atoms with Gasteiger partial charge in [-0.05, 0) is 19.1 Å². The predicted molar refractivity (Wildman–Crippen MR) is 90.2 cm³/mol. The molecule has 6 heteroatoms. The van der Waals surface area contributed by atoms with Crippen molar-refractivity contribution >= 4 is 34.8 Å². The van der Waals surface area contributed by atoms with E-state index in [2.05, 4.69) is 10.3 Å². The maximum absolute atomic E-state index is 12.2. The number of thiazole rings is 1. The summed E-state index contributed by atoms with van der Waals surface area (Å²) >= 11 is 3.52. The number of urea groups is 1. The molecule has 2 heterocycles. The van der Waals surface area contributed by atoms with Crippen molar-refractivity contribution in [1.29, 1.82) is 0 Å². The molecule has 1 saturated heterocycles. The Morgan fingerprint density at radius 2 is 2.14 bits per heavy atom. The van der Waals surface area contributed by atoms with Gasteiger partial charge in [-0.3, -0.25) is 0 Å². The second-order valence-corrected chi connectivity index (χ2v) is 6.99. The number of carbonyl (C=O) groups is 1. The zero-order valence-corrected chi connectivity index (χ0v) is 13.5. The molecule has 1 aromatic heterocycles. The van der Waals surface area contributed by atoms with Crippen LogP contribution in [-0.2, 0) is 0 Å². The fourth-order valence-corrected chi connectivity index (χ4v) is 3.88. The van der Waals surface area contributed by atoms with E-state index in [1.54, 1.807) is 11.3 Å². The summed E-state index contributed by atoms with van der Waals surface area (Å²) in [6.45, 7) is 3.63. The minimum Gasteiger partial charge on any atom is -0.323 e. The molecule has 0 spiro atoms. The first-order valence-corrected chi connectivity index (χ1v) is 8.92. The van der Waals surface area contributed by atoms with Crippen molar-refractivity contribution in [3.05, 3.63) is 35.3 Å². The number of thioether (sulfide) groups is 1. The second kappa shape index (κ2) is 6.49. The number of carbonyl (C=O) groups excluding carboxylic acids is 1. The largest absolute Gasteiger partial charge is 0.323 e. The van der Waals surface area contributed by atoms with Crippen LogP contribution >= 0.6 is 23.1 Å². The van der Waals surface area contributed by atoms with Gasteiger partial charge in [0.1, 0.15) is 5.01 Å². The molecule has 21 heavy (non-hydrogen) atoms. The van der Waals surface area contributed by atoms with E-state index < -0.39 is 0 Å². The van der Waals surface area contributed by atoms with Crippen molar-refractivity contribution in [3.63, 3.8) is 0 Å². The molecular weight excluding hydrogens is 302 g/mol. The van der Waals surface area contributed by atoms with E-state index in [0.717, 1.165) is 46.5 Å². The van der Waals surface area contributed by atoms with Crippen molar-refractivity contribution in [3.8, 4) is 10.6 Å². The number of amides is 2. The molecule has 3 rings (SSSR count). The van der Waals surface area contributed by atoms with Gasteiger partial charge in [0.05, 0.1) is 0 Å². The molecule has 0 unspecified atom stereocenters. The van der Waals surface area contributed by atoms with Gasteiger partial charge in [-0.15, -0.1) is 11.3 Å². The van der Waals surface area contributed by atoms with Gasteiger partial charge in [0.2, 0.25) is 0 Å². The first-order chi connectivity index (χ1) is 10.2. The van der Waals surface area contributed by atoms with Crippen LogP contribution in [0.3, 0.4) is 0 Å². The van der Waals surface area contributed by atoms with Crippen LogP contribution in [0.4, 0.5) is 10.5 Å². The molecule has 0 atom stereocenters. The minimum absolute atomic E-state index is 0.0113. The van der Waals surface area contributed by atoms with Gasteiger partial charge in [-0.25, -0.2) is 9.78 Å². The Hall–Kier alpha value is -1.53. The normalized spacial score (nSPS) is 15.0. The number of anilines is 1. The lowest BCUT2D eigenvalue weighted by molar-refractivity contribution is 0.217. The molecule has 1 aromatic carbocycles.